The largest absolute Gasteiger partial charge is 0.450 e. The fourth-order valence-electron chi connectivity index (χ4n) is 2.20. The van der Waals surface area contributed by atoms with E-state index >= 15 is 0 Å². The van der Waals surface area contributed by atoms with Crippen molar-refractivity contribution in [3.05, 3.63) is 15.6 Å². The Kier molecular flexibility index (Phi) is 4.22. The molecular weight excluding hydrogens is 248 g/mol. The normalized spacial score (nSPS) is 16.9. The van der Waals surface area contributed by atoms with Gasteiger partial charge in [-0.3, -0.25) is 0 Å². The molecule has 0 bridgehead atoms. The van der Waals surface area contributed by atoms with Crippen LogP contribution in [0, 0.1) is 13.8 Å². The molecule has 1 amide bonds. The third-order valence-corrected chi connectivity index (χ3v) is 4.65. The van der Waals surface area contributed by atoms with Crippen LogP contribution in [0.2, 0.25) is 0 Å². The van der Waals surface area contributed by atoms with Crippen LogP contribution < -0.4 is 0 Å². The molecule has 2 rings (SSSR count). The summed E-state index contributed by atoms with van der Waals surface area (Å²) in [6, 6.07) is 0. The summed E-state index contributed by atoms with van der Waals surface area (Å²) in [5.41, 5.74) is 1.14. The van der Waals surface area contributed by atoms with Gasteiger partial charge in [0.1, 0.15) is 0 Å². The van der Waals surface area contributed by atoms with Gasteiger partial charge in [0.25, 0.3) is 0 Å². The second-order valence-electron chi connectivity index (χ2n) is 4.65. The van der Waals surface area contributed by atoms with Gasteiger partial charge in [-0.05, 0) is 33.6 Å². The number of ether oxygens (including phenoxy) is 1. The standard InChI is InChI=1S/C13H20N2O2S/c1-4-17-13(16)15-7-5-11(6-8-15)12-14-9(2)10(3)18-12/h11H,4-8H2,1-3H3. The summed E-state index contributed by atoms with van der Waals surface area (Å²) in [6.45, 7) is 8.02. The molecule has 0 aromatic carbocycles. The number of nitrogens with zero attached hydrogens (tertiary/aromatic N) is 2. The smallest absolute Gasteiger partial charge is 0.409 e. The Hall–Kier alpha value is -1.10. The number of amides is 1. The number of aryl methyl sites for hydroxylation is 2. The quantitative estimate of drug-likeness (QED) is 0.827. The lowest BCUT2D eigenvalue weighted by Gasteiger charge is -2.30. The van der Waals surface area contributed by atoms with E-state index in [2.05, 4.69) is 18.8 Å². The number of rotatable bonds is 2. The molecule has 0 aliphatic carbocycles. The fourth-order valence-corrected chi connectivity index (χ4v) is 3.29. The molecule has 1 aliphatic rings. The van der Waals surface area contributed by atoms with Crippen molar-refractivity contribution in [1.29, 1.82) is 0 Å². The first kappa shape index (κ1) is 13.3. The van der Waals surface area contributed by atoms with Gasteiger partial charge in [0.05, 0.1) is 17.3 Å². The monoisotopic (exact) mass is 268 g/mol. The van der Waals surface area contributed by atoms with Crippen molar-refractivity contribution in [2.45, 2.75) is 39.5 Å². The van der Waals surface area contributed by atoms with E-state index in [0.717, 1.165) is 31.6 Å². The van der Waals surface area contributed by atoms with Crippen molar-refractivity contribution in [3.8, 4) is 0 Å². The van der Waals surface area contributed by atoms with Crippen molar-refractivity contribution >= 4 is 17.4 Å². The Morgan fingerprint density at radius 1 is 1.44 bits per heavy atom. The first-order valence-corrected chi connectivity index (χ1v) is 7.29. The van der Waals surface area contributed by atoms with Gasteiger partial charge in [-0.15, -0.1) is 11.3 Å². The molecule has 0 spiro atoms. The van der Waals surface area contributed by atoms with Crippen LogP contribution in [0.15, 0.2) is 0 Å². The molecule has 4 nitrogen and oxygen atoms in total. The molecule has 100 valence electrons. The Balaban J connectivity index is 1.92. The Labute approximate surface area is 112 Å². The molecule has 1 aromatic heterocycles. The Morgan fingerprint density at radius 2 is 2.11 bits per heavy atom. The zero-order valence-electron chi connectivity index (χ0n) is 11.2. The molecule has 0 N–H and O–H groups in total. The molecule has 0 saturated carbocycles. The third-order valence-electron chi connectivity index (χ3n) is 3.42. The molecular formula is C13H20N2O2S. The van der Waals surface area contributed by atoms with Crippen LogP contribution in [-0.4, -0.2) is 35.7 Å². The summed E-state index contributed by atoms with van der Waals surface area (Å²) in [5.74, 6) is 0.507. The van der Waals surface area contributed by atoms with Crippen LogP contribution >= 0.6 is 11.3 Å². The van der Waals surface area contributed by atoms with Crippen molar-refractivity contribution in [2.24, 2.45) is 0 Å². The lowest BCUT2D eigenvalue weighted by Crippen LogP contribution is -2.38. The number of carbonyl (C=O) groups is 1. The van der Waals surface area contributed by atoms with E-state index in [1.165, 1.54) is 9.88 Å². The van der Waals surface area contributed by atoms with E-state index in [9.17, 15) is 4.79 Å². The van der Waals surface area contributed by atoms with Gasteiger partial charge in [-0.25, -0.2) is 9.78 Å². The second-order valence-corrected chi connectivity index (χ2v) is 5.89. The molecule has 0 atom stereocenters. The van der Waals surface area contributed by atoms with Crippen LogP contribution in [0.4, 0.5) is 4.79 Å². The van der Waals surface area contributed by atoms with Crippen LogP contribution in [0.5, 0.6) is 0 Å². The minimum atomic E-state index is -0.178. The number of thiazole rings is 1. The van der Waals surface area contributed by atoms with E-state index in [1.54, 1.807) is 16.2 Å². The van der Waals surface area contributed by atoms with E-state index in [4.69, 9.17) is 4.74 Å². The zero-order valence-corrected chi connectivity index (χ0v) is 12.0. The van der Waals surface area contributed by atoms with Gasteiger partial charge >= 0.3 is 6.09 Å². The topological polar surface area (TPSA) is 42.4 Å². The molecule has 0 unspecified atom stereocenters. The van der Waals surface area contributed by atoms with Gasteiger partial charge in [-0.2, -0.15) is 0 Å². The van der Waals surface area contributed by atoms with Crippen LogP contribution in [0.1, 0.15) is 41.3 Å². The average Bonchev–Trinajstić information content (AvgIpc) is 2.70. The van der Waals surface area contributed by atoms with E-state index in [1.807, 2.05) is 6.92 Å². The lowest BCUT2D eigenvalue weighted by molar-refractivity contribution is 0.0970. The number of piperidine rings is 1. The number of likely N-dealkylation sites (tertiary alicyclic amines) is 1. The van der Waals surface area contributed by atoms with Gasteiger partial charge in [0, 0.05) is 23.9 Å². The number of carbonyl (C=O) groups excluding carboxylic acids is 1. The van der Waals surface area contributed by atoms with Crippen LogP contribution in [0.3, 0.4) is 0 Å². The first-order chi connectivity index (χ1) is 8.61. The van der Waals surface area contributed by atoms with Crippen molar-refractivity contribution in [1.82, 2.24) is 9.88 Å². The van der Waals surface area contributed by atoms with E-state index in [-0.39, 0.29) is 6.09 Å². The SMILES string of the molecule is CCOC(=O)N1CCC(c2nc(C)c(C)s2)CC1. The highest BCUT2D eigenvalue weighted by molar-refractivity contribution is 7.11. The zero-order chi connectivity index (χ0) is 13.1. The number of hydrogen-bond donors (Lipinski definition) is 0. The van der Waals surface area contributed by atoms with Gasteiger partial charge in [0.15, 0.2) is 0 Å². The Bertz CT molecular complexity index is 403. The van der Waals surface area contributed by atoms with Crippen molar-refractivity contribution < 1.29 is 9.53 Å². The lowest BCUT2D eigenvalue weighted by atomic mass is 9.98. The molecule has 1 saturated heterocycles. The summed E-state index contributed by atoms with van der Waals surface area (Å²) in [7, 11) is 0. The van der Waals surface area contributed by atoms with Crippen molar-refractivity contribution in [2.75, 3.05) is 19.7 Å². The summed E-state index contributed by atoms with van der Waals surface area (Å²) < 4.78 is 5.02. The highest BCUT2D eigenvalue weighted by atomic mass is 32.1. The molecule has 1 aromatic rings. The molecule has 18 heavy (non-hydrogen) atoms. The molecule has 0 radical (unpaired) electrons. The van der Waals surface area contributed by atoms with Gasteiger partial charge in [0.2, 0.25) is 0 Å². The van der Waals surface area contributed by atoms with Crippen LogP contribution in [0.25, 0.3) is 0 Å². The third kappa shape index (κ3) is 2.83. The first-order valence-electron chi connectivity index (χ1n) is 6.47. The summed E-state index contributed by atoms with van der Waals surface area (Å²) >= 11 is 1.79. The molecule has 1 aliphatic heterocycles. The summed E-state index contributed by atoms with van der Waals surface area (Å²) in [4.78, 5) is 19.3. The summed E-state index contributed by atoms with van der Waals surface area (Å²) in [6.07, 6.45) is 1.80. The minimum absolute atomic E-state index is 0.178. The fraction of sp³-hybridized carbons (Fsp3) is 0.692. The maximum absolute atomic E-state index is 11.6. The highest BCUT2D eigenvalue weighted by Crippen LogP contribution is 2.32. The number of aromatic nitrogens is 1. The molecule has 5 heteroatoms. The maximum Gasteiger partial charge on any atom is 0.409 e. The Morgan fingerprint density at radius 3 is 2.61 bits per heavy atom. The minimum Gasteiger partial charge on any atom is -0.450 e. The van der Waals surface area contributed by atoms with Gasteiger partial charge < -0.3 is 9.64 Å². The highest BCUT2D eigenvalue weighted by Gasteiger charge is 2.26. The predicted molar refractivity (Wildman–Crippen MR) is 72.2 cm³/mol. The van der Waals surface area contributed by atoms with Crippen LogP contribution in [-0.2, 0) is 4.74 Å². The predicted octanol–water partition coefficient (Wildman–Crippen LogP) is 3.10. The molecule has 1 fully saturated rings. The second kappa shape index (κ2) is 5.69. The van der Waals surface area contributed by atoms with Gasteiger partial charge in [-0.1, -0.05) is 0 Å². The summed E-state index contributed by atoms with van der Waals surface area (Å²) in [5, 5.41) is 1.23. The average molecular weight is 268 g/mol. The van der Waals surface area contributed by atoms with E-state index < -0.39 is 0 Å². The number of hydrogen-bond acceptors (Lipinski definition) is 4. The van der Waals surface area contributed by atoms with Crippen molar-refractivity contribution in [3.63, 3.8) is 0 Å². The maximum atomic E-state index is 11.6. The molecule has 2 heterocycles. The van der Waals surface area contributed by atoms with E-state index in [0.29, 0.717) is 12.5 Å².